The minimum Gasteiger partial charge on any atom is -0.480 e. The second-order valence-corrected chi connectivity index (χ2v) is 3.24. The molecule has 0 aromatic heterocycles. The fourth-order valence-corrected chi connectivity index (χ4v) is 1.09. The Morgan fingerprint density at radius 3 is 2.64 bits per heavy atom. The molecule has 0 aliphatic rings. The molecule has 0 saturated heterocycles. The third kappa shape index (κ3) is 1.67. The van der Waals surface area contributed by atoms with Crippen molar-refractivity contribution in [2.24, 2.45) is 5.73 Å². The quantitative estimate of drug-likeness (QED) is 0.609. The molecule has 0 unspecified atom stereocenters. The zero-order valence-electron chi connectivity index (χ0n) is 7.62. The van der Waals surface area contributed by atoms with Crippen LogP contribution in [0.25, 0.3) is 0 Å². The van der Waals surface area contributed by atoms with Crippen LogP contribution in [0.1, 0.15) is 12.5 Å². The largest absolute Gasteiger partial charge is 0.480 e. The molecular formula is C9H11FN2O2. The van der Waals surface area contributed by atoms with Crippen molar-refractivity contribution in [3.8, 4) is 0 Å². The van der Waals surface area contributed by atoms with E-state index in [2.05, 4.69) is 0 Å². The lowest BCUT2D eigenvalue weighted by Gasteiger charge is -2.21. The van der Waals surface area contributed by atoms with E-state index in [4.69, 9.17) is 16.6 Å². The van der Waals surface area contributed by atoms with Crippen molar-refractivity contribution in [2.45, 2.75) is 12.5 Å². The minimum atomic E-state index is -1.67. The van der Waals surface area contributed by atoms with Crippen LogP contribution in [-0.2, 0) is 10.3 Å². The highest BCUT2D eigenvalue weighted by atomic mass is 19.1. The number of nitrogen functional groups attached to an aromatic ring is 1. The highest BCUT2D eigenvalue weighted by molar-refractivity contribution is 5.82. The Hall–Kier alpha value is -1.62. The van der Waals surface area contributed by atoms with Gasteiger partial charge < -0.3 is 16.6 Å². The number of carbonyl (C=O) groups is 1. The first-order chi connectivity index (χ1) is 6.35. The topological polar surface area (TPSA) is 89.3 Å². The first-order valence-corrected chi connectivity index (χ1v) is 3.93. The summed E-state index contributed by atoms with van der Waals surface area (Å²) in [6.45, 7) is 1.26. The van der Waals surface area contributed by atoms with E-state index in [1.807, 2.05) is 0 Å². The highest BCUT2D eigenvalue weighted by Gasteiger charge is 2.32. The van der Waals surface area contributed by atoms with Crippen LogP contribution >= 0.6 is 0 Å². The number of benzene rings is 1. The molecule has 0 bridgehead atoms. The van der Waals surface area contributed by atoms with E-state index in [-0.39, 0.29) is 11.3 Å². The van der Waals surface area contributed by atoms with E-state index in [1.54, 1.807) is 0 Å². The molecule has 76 valence electrons. The van der Waals surface area contributed by atoms with E-state index < -0.39 is 17.3 Å². The van der Waals surface area contributed by atoms with Gasteiger partial charge in [0.2, 0.25) is 0 Å². The number of hydrogen-bond donors (Lipinski definition) is 3. The van der Waals surface area contributed by atoms with Crippen LogP contribution in [0.3, 0.4) is 0 Å². The monoisotopic (exact) mass is 198 g/mol. The summed E-state index contributed by atoms with van der Waals surface area (Å²) in [4.78, 5) is 10.8. The third-order valence-electron chi connectivity index (χ3n) is 2.02. The van der Waals surface area contributed by atoms with Gasteiger partial charge in [0.05, 0.1) is 0 Å². The number of hydrogen-bond acceptors (Lipinski definition) is 3. The first-order valence-electron chi connectivity index (χ1n) is 3.93. The smallest absolute Gasteiger partial charge is 0.328 e. The van der Waals surface area contributed by atoms with E-state index in [1.165, 1.54) is 13.0 Å². The van der Waals surface area contributed by atoms with Crippen LogP contribution in [0.5, 0.6) is 0 Å². The predicted molar refractivity (Wildman–Crippen MR) is 50.0 cm³/mol. The Morgan fingerprint density at radius 1 is 1.57 bits per heavy atom. The molecule has 0 radical (unpaired) electrons. The molecule has 0 saturated carbocycles. The Morgan fingerprint density at radius 2 is 2.14 bits per heavy atom. The van der Waals surface area contributed by atoms with Gasteiger partial charge in [0.1, 0.15) is 11.4 Å². The van der Waals surface area contributed by atoms with E-state index in [0.29, 0.717) is 0 Å². The average molecular weight is 198 g/mol. The van der Waals surface area contributed by atoms with Crippen LogP contribution in [0.15, 0.2) is 18.2 Å². The van der Waals surface area contributed by atoms with Crippen molar-refractivity contribution < 1.29 is 14.3 Å². The molecule has 5 heteroatoms. The number of carboxylic acid groups (broad SMARTS) is 1. The number of nitrogens with two attached hydrogens (primary N) is 2. The number of aliphatic carboxylic acids is 1. The molecule has 1 atom stereocenters. The fraction of sp³-hybridized carbons (Fsp3) is 0.222. The Balaban J connectivity index is 3.31. The molecule has 0 spiro atoms. The number of carboxylic acids is 1. The van der Waals surface area contributed by atoms with Crippen LogP contribution in [0, 0.1) is 5.82 Å². The molecule has 1 aromatic carbocycles. The van der Waals surface area contributed by atoms with Gasteiger partial charge in [-0.1, -0.05) is 0 Å². The fourth-order valence-electron chi connectivity index (χ4n) is 1.09. The molecule has 0 amide bonds. The molecule has 0 aliphatic carbocycles. The molecule has 14 heavy (non-hydrogen) atoms. The van der Waals surface area contributed by atoms with Gasteiger partial charge in [-0.3, -0.25) is 0 Å². The summed E-state index contributed by atoms with van der Waals surface area (Å²) in [5.41, 5.74) is 9.57. The number of anilines is 1. The van der Waals surface area contributed by atoms with Gasteiger partial charge in [0.15, 0.2) is 0 Å². The van der Waals surface area contributed by atoms with Crippen LogP contribution < -0.4 is 11.5 Å². The van der Waals surface area contributed by atoms with Gasteiger partial charge in [0, 0.05) is 11.3 Å². The lowest BCUT2D eigenvalue weighted by molar-refractivity contribution is -0.143. The summed E-state index contributed by atoms with van der Waals surface area (Å²) < 4.78 is 12.8. The molecule has 0 aliphatic heterocycles. The van der Waals surface area contributed by atoms with Crippen molar-refractivity contribution in [3.05, 3.63) is 29.6 Å². The molecular weight excluding hydrogens is 187 g/mol. The second kappa shape index (κ2) is 3.26. The van der Waals surface area contributed by atoms with Crippen LogP contribution in [-0.4, -0.2) is 11.1 Å². The maximum atomic E-state index is 12.8. The lowest BCUT2D eigenvalue weighted by atomic mass is 9.92. The highest BCUT2D eigenvalue weighted by Crippen LogP contribution is 2.24. The molecule has 0 fully saturated rings. The summed E-state index contributed by atoms with van der Waals surface area (Å²) in [6, 6.07) is 3.47. The van der Waals surface area contributed by atoms with Gasteiger partial charge in [0.25, 0.3) is 0 Å². The van der Waals surface area contributed by atoms with Crippen LogP contribution in [0.2, 0.25) is 0 Å². The molecule has 4 nitrogen and oxygen atoms in total. The second-order valence-electron chi connectivity index (χ2n) is 3.24. The Bertz CT molecular complexity index is 377. The van der Waals surface area contributed by atoms with Gasteiger partial charge in [-0.05, 0) is 25.1 Å². The van der Waals surface area contributed by atoms with Crippen molar-refractivity contribution in [1.82, 2.24) is 0 Å². The maximum Gasteiger partial charge on any atom is 0.328 e. The number of rotatable bonds is 2. The molecule has 0 heterocycles. The first kappa shape index (κ1) is 10.5. The number of halogens is 1. The van der Waals surface area contributed by atoms with Gasteiger partial charge in [-0.25, -0.2) is 9.18 Å². The van der Waals surface area contributed by atoms with Crippen molar-refractivity contribution in [2.75, 3.05) is 5.73 Å². The van der Waals surface area contributed by atoms with Crippen molar-refractivity contribution in [3.63, 3.8) is 0 Å². The van der Waals surface area contributed by atoms with Crippen molar-refractivity contribution in [1.29, 1.82) is 0 Å². The third-order valence-corrected chi connectivity index (χ3v) is 2.02. The normalized spacial score (nSPS) is 14.8. The summed E-state index contributed by atoms with van der Waals surface area (Å²) >= 11 is 0. The summed E-state index contributed by atoms with van der Waals surface area (Å²) in [5, 5.41) is 8.81. The summed E-state index contributed by atoms with van der Waals surface area (Å²) in [5.74, 6) is -1.82. The van der Waals surface area contributed by atoms with Gasteiger partial charge in [-0.15, -0.1) is 0 Å². The minimum absolute atomic E-state index is 0.0741. The van der Waals surface area contributed by atoms with Gasteiger partial charge in [-0.2, -0.15) is 0 Å². The van der Waals surface area contributed by atoms with E-state index >= 15 is 0 Å². The lowest BCUT2D eigenvalue weighted by Crippen LogP contribution is -2.42. The summed E-state index contributed by atoms with van der Waals surface area (Å²) in [6.07, 6.45) is 0. The standard InChI is InChI=1S/C9H11FN2O2/c1-9(12,8(13)14)6-4-5(10)2-3-7(6)11/h2-4H,11-12H2,1H3,(H,13,14)/t9-/m0/s1. The molecule has 5 N–H and O–H groups in total. The molecule has 1 rings (SSSR count). The van der Waals surface area contributed by atoms with E-state index in [9.17, 15) is 9.18 Å². The maximum absolute atomic E-state index is 12.8. The average Bonchev–Trinajstić information content (AvgIpc) is 2.08. The van der Waals surface area contributed by atoms with Gasteiger partial charge >= 0.3 is 5.97 Å². The Labute approximate surface area is 80.3 Å². The Kier molecular flexibility index (Phi) is 2.44. The van der Waals surface area contributed by atoms with Crippen LogP contribution in [0.4, 0.5) is 10.1 Å². The van der Waals surface area contributed by atoms with E-state index in [0.717, 1.165) is 12.1 Å². The molecule has 1 aromatic rings. The predicted octanol–water partition coefficient (Wildman–Crippen LogP) is 0.666. The SMILES string of the molecule is C[C@@](N)(C(=O)O)c1cc(F)ccc1N. The van der Waals surface area contributed by atoms with Crippen molar-refractivity contribution >= 4 is 11.7 Å². The zero-order chi connectivity index (χ0) is 10.9. The zero-order valence-corrected chi connectivity index (χ0v) is 7.62. The summed E-state index contributed by atoms with van der Waals surface area (Å²) in [7, 11) is 0.